The second-order valence-corrected chi connectivity index (χ2v) is 6.48. The molecule has 5 N–H and O–H groups in total. The number of nitrogens with zero attached hydrogens (tertiary/aromatic N) is 2. The summed E-state index contributed by atoms with van der Waals surface area (Å²) in [7, 11) is 0. The normalized spacial score (nSPS) is 29.8. The number of nitrogens with two attached hydrogens (primary N) is 1. The predicted octanol–water partition coefficient (Wildman–Crippen LogP) is -1.43. The highest BCUT2D eigenvalue weighted by molar-refractivity contribution is 6.01. The number of carboxylic acid groups (broad SMARTS) is 1. The first-order valence-corrected chi connectivity index (χ1v) is 7.84. The van der Waals surface area contributed by atoms with Crippen LogP contribution in [0.3, 0.4) is 0 Å². The third-order valence-electron chi connectivity index (χ3n) is 4.73. The molecule has 9 heteroatoms. The summed E-state index contributed by atoms with van der Waals surface area (Å²) in [4.78, 5) is 40.1. The minimum atomic E-state index is -1.14. The summed E-state index contributed by atoms with van der Waals surface area (Å²) in [6, 6.07) is -0.409. The molecule has 0 spiro atoms. The number of aliphatic imine (C=N–C) groups is 1. The van der Waals surface area contributed by atoms with E-state index in [1.165, 1.54) is 4.90 Å². The van der Waals surface area contributed by atoms with Gasteiger partial charge < -0.3 is 26.2 Å². The van der Waals surface area contributed by atoms with Gasteiger partial charge >= 0.3 is 5.97 Å². The molecule has 3 aliphatic heterocycles. The van der Waals surface area contributed by atoms with Crippen LogP contribution in [0.2, 0.25) is 0 Å². The van der Waals surface area contributed by atoms with Crippen LogP contribution in [0.5, 0.6) is 0 Å². The van der Waals surface area contributed by atoms with Crippen molar-refractivity contribution in [3.63, 3.8) is 0 Å². The summed E-state index contributed by atoms with van der Waals surface area (Å²) in [5.74, 6) is -2.00. The van der Waals surface area contributed by atoms with Crippen molar-refractivity contribution in [2.45, 2.75) is 44.4 Å². The second kappa shape index (κ2) is 5.90. The van der Waals surface area contributed by atoms with Crippen molar-refractivity contribution < 1.29 is 24.6 Å². The second-order valence-electron chi connectivity index (χ2n) is 6.48. The Hall–Kier alpha value is -2.42. The summed E-state index contributed by atoms with van der Waals surface area (Å²) in [6.07, 6.45) is 0.0776. The fraction of sp³-hybridized carbons (Fsp3) is 0.600. The van der Waals surface area contributed by atoms with Crippen LogP contribution in [0.4, 0.5) is 0 Å². The molecule has 0 aromatic carbocycles. The number of amidine groups is 1. The van der Waals surface area contributed by atoms with Crippen molar-refractivity contribution in [2.75, 3.05) is 6.54 Å². The summed E-state index contributed by atoms with van der Waals surface area (Å²) in [6.45, 7) is 1.97. The van der Waals surface area contributed by atoms with E-state index in [-0.39, 0.29) is 30.1 Å². The Morgan fingerprint density at radius 3 is 2.79 bits per heavy atom. The molecular formula is C15H20N4O5. The lowest BCUT2D eigenvalue weighted by Gasteiger charge is -2.44. The number of amides is 2. The van der Waals surface area contributed by atoms with E-state index >= 15 is 0 Å². The van der Waals surface area contributed by atoms with Gasteiger partial charge in [-0.15, -0.1) is 0 Å². The Morgan fingerprint density at radius 2 is 2.21 bits per heavy atom. The molecule has 3 rings (SSSR count). The van der Waals surface area contributed by atoms with Crippen molar-refractivity contribution in [2.24, 2.45) is 16.6 Å². The van der Waals surface area contributed by atoms with Gasteiger partial charge in [0.15, 0.2) is 0 Å². The largest absolute Gasteiger partial charge is 0.477 e. The molecule has 0 aromatic heterocycles. The first kappa shape index (κ1) is 16.4. The number of carbonyl (C=O) groups is 3. The van der Waals surface area contributed by atoms with Gasteiger partial charge in [0.2, 0.25) is 11.8 Å². The lowest BCUT2D eigenvalue weighted by Crippen LogP contribution is -2.61. The number of primary amides is 1. The highest BCUT2D eigenvalue weighted by Crippen LogP contribution is 2.44. The van der Waals surface area contributed by atoms with Crippen LogP contribution >= 0.6 is 0 Å². The average Bonchev–Trinajstić information content (AvgIpc) is 3.01. The first-order valence-electron chi connectivity index (χ1n) is 7.84. The number of aliphatic hydroxyl groups is 1. The summed E-state index contributed by atoms with van der Waals surface area (Å²) in [5.41, 5.74) is 5.82. The molecule has 3 heterocycles. The van der Waals surface area contributed by atoms with Gasteiger partial charge in [-0.2, -0.15) is 0 Å². The standard InChI is InChI=1S/C15H20N4O5/c1-6(20)12-9-3-7(13(15(23)24)19(9)14(12)22)2-8-5-17-11(18-8)4-10(16)21/h6,8-9,12,20H,2-5H2,1H3,(H2,16,21)(H,17,18)(H,23,24)/t6-,8+,9-,12-/m1/s1. The van der Waals surface area contributed by atoms with Crippen LogP contribution in [0.1, 0.15) is 26.2 Å². The minimum Gasteiger partial charge on any atom is -0.477 e. The van der Waals surface area contributed by atoms with Crippen molar-refractivity contribution in [3.8, 4) is 0 Å². The molecule has 0 radical (unpaired) electrons. The average molecular weight is 336 g/mol. The van der Waals surface area contributed by atoms with E-state index in [1.807, 2.05) is 0 Å². The number of rotatable bonds is 6. The lowest BCUT2D eigenvalue weighted by molar-refractivity contribution is -0.161. The van der Waals surface area contributed by atoms with Crippen LogP contribution in [0, 0.1) is 5.92 Å². The molecule has 0 aromatic rings. The molecule has 1 fully saturated rings. The van der Waals surface area contributed by atoms with E-state index in [1.54, 1.807) is 6.92 Å². The first-order chi connectivity index (χ1) is 11.3. The number of aliphatic carboxylic acids is 1. The number of nitrogens with one attached hydrogen (secondary N) is 1. The van der Waals surface area contributed by atoms with Gasteiger partial charge in [0.05, 0.1) is 37.1 Å². The number of β-lactam (4-membered cyclic amide) rings is 1. The third-order valence-corrected chi connectivity index (χ3v) is 4.73. The number of hydrogen-bond donors (Lipinski definition) is 4. The van der Waals surface area contributed by atoms with Crippen LogP contribution in [-0.2, 0) is 14.4 Å². The van der Waals surface area contributed by atoms with Crippen LogP contribution in [-0.4, -0.2) is 63.5 Å². The Balaban J connectivity index is 1.71. The fourth-order valence-electron chi connectivity index (χ4n) is 3.78. The topological polar surface area (TPSA) is 145 Å². The molecule has 0 unspecified atom stereocenters. The minimum absolute atomic E-state index is 0.0204. The van der Waals surface area contributed by atoms with E-state index in [9.17, 15) is 24.6 Å². The monoisotopic (exact) mass is 336 g/mol. The number of aliphatic hydroxyl groups excluding tert-OH is 1. The van der Waals surface area contributed by atoms with Crippen LogP contribution in [0.15, 0.2) is 16.3 Å². The SMILES string of the molecule is C[C@@H](O)[C@H]1C(=O)N2C(C(=O)O)=C(C[C@H]3CN=C(CC(N)=O)N3)C[C@H]12. The molecule has 2 amide bonds. The van der Waals surface area contributed by atoms with Gasteiger partial charge in [0.1, 0.15) is 11.5 Å². The number of hydrogen-bond acceptors (Lipinski definition) is 6. The van der Waals surface area contributed by atoms with E-state index in [2.05, 4.69) is 10.3 Å². The molecule has 130 valence electrons. The Bertz CT molecular complexity index is 669. The van der Waals surface area contributed by atoms with Gasteiger partial charge in [-0.3, -0.25) is 14.6 Å². The number of fused-ring (bicyclic) bond motifs is 1. The molecular weight excluding hydrogens is 316 g/mol. The Labute approximate surface area is 138 Å². The van der Waals surface area contributed by atoms with Gasteiger partial charge in [-0.25, -0.2) is 4.79 Å². The number of carboxylic acids is 1. The van der Waals surface area contributed by atoms with Gasteiger partial charge in [-0.1, -0.05) is 0 Å². The molecule has 24 heavy (non-hydrogen) atoms. The van der Waals surface area contributed by atoms with Crippen LogP contribution < -0.4 is 11.1 Å². The van der Waals surface area contributed by atoms with Crippen LogP contribution in [0.25, 0.3) is 0 Å². The van der Waals surface area contributed by atoms with Gasteiger partial charge in [0.25, 0.3) is 0 Å². The van der Waals surface area contributed by atoms with Crippen molar-refractivity contribution in [3.05, 3.63) is 11.3 Å². The van der Waals surface area contributed by atoms with Gasteiger partial charge in [0, 0.05) is 0 Å². The quantitative estimate of drug-likeness (QED) is 0.438. The smallest absolute Gasteiger partial charge is 0.352 e. The maximum absolute atomic E-state index is 12.1. The van der Waals surface area contributed by atoms with Crippen molar-refractivity contribution in [1.82, 2.24) is 10.2 Å². The molecule has 0 saturated carbocycles. The lowest BCUT2D eigenvalue weighted by atomic mass is 9.82. The highest BCUT2D eigenvalue weighted by Gasteiger charge is 2.56. The van der Waals surface area contributed by atoms with E-state index in [0.717, 1.165) is 0 Å². The molecule has 0 aliphatic carbocycles. The van der Waals surface area contributed by atoms with Gasteiger partial charge in [-0.05, 0) is 25.3 Å². The molecule has 3 aliphatic rings. The van der Waals surface area contributed by atoms with Crippen molar-refractivity contribution >= 4 is 23.6 Å². The highest BCUT2D eigenvalue weighted by atomic mass is 16.4. The van der Waals surface area contributed by atoms with E-state index in [0.29, 0.717) is 30.8 Å². The Morgan fingerprint density at radius 1 is 1.50 bits per heavy atom. The molecule has 0 bridgehead atoms. The zero-order valence-corrected chi connectivity index (χ0v) is 13.2. The molecule has 9 nitrogen and oxygen atoms in total. The fourth-order valence-corrected chi connectivity index (χ4v) is 3.78. The molecule has 1 saturated heterocycles. The third kappa shape index (κ3) is 2.64. The van der Waals surface area contributed by atoms with E-state index < -0.39 is 23.9 Å². The molecule has 4 atom stereocenters. The summed E-state index contributed by atoms with van der Waals surface area (Å²) >= 11 is 0. The zero-order valence-electron chi connectivity index (χ0n) is 13.2. The zero-order chi connectivity index (χ0) is 17.6. The maximum Gasteiger partial charge on any atom is 0.352 e. The summed E-state index contributed by atoms with van der Waals surface area (Å²) < 4.78 is 0. The summed E-state index contributed by atoms with van der Waals surface area (Å²) in [5, 5.41) is 22.3. The number of carbonyl (C=O) groups excluding carboxylic acids is 2. The van der Waals surface area contributed by atoms with E-state index in [4.69, 9.17) is 5.73 Å². The maximum atomic E-state index is 12.1. The van der Waals surface area contributed by atoms with Crippen molar-refractivity contribution in [1.29, 1.82) is 0 Å². The predicted molar refractivity (Wildman–Crippen MR) is 82.7 cm³/mol. The Kier molecular flexibility index (Phi) is 4.04.